The molecule has 0 saturated carbocycles. The third-order valence-corrected chi connectivity index (χ3v) is 6.49. The van der Waals surface area contributed by atoms with Crippen LogP contribution < -0.4 is 14.8 Å². The number of halogens is 2. The van der Waals surface area contributed by atoms with E-state index in [0.717, 1.165) is 17.5 Å². The first-order valence-corrected chi connectivity index (χ1v) is 11.2. The van der Waals surface area contributed by atoms with Crippen LogP contribution in [0.15, 0.2) is 41.5 Å². The normalized spacial score (nSPS) is 18.2. The molecule has 2 aromatic heterocycles. The number of carbonyl (C=O) groups is 1. The number of nitrogens with zero attached hydrogens (tertiary/aromatic N) is 1. The summed E-state index contributed by atoms with van der Waals surface area (Å²) in [7, 11) is 3.04. The van der Waals surface area contributed by atoms with Crippen LogP contribution in [0.5, 0.6) is 11.5 Å². The summed E-state index contributed by atoms with van der Waals surface area (Å²) in [6.45, 7) is 4.69. The van der Waals surface area contributed by atoms with Crippen LogP contribution in [0.1, 0.15) is 12.1 Å². The van der Waals surface area contributed by atoms with Gasteiger partial charge in [-0.15, -0.1) is 0 Å². The van der Waals surface area contributed by atoms with E-state index >= 15 is 0 Å². The average Bonchev–Trinajstić information content (AvgIpc) is 3.23. The molecule has 1 aliphatic rings. The number of nitrogens with one attached hydrogen (secondary N) is 1. The molecular formula is C24H24Cl2N2O5. The highest BCUT2D eigenvalue weighted by Crippen LogP contribution is 2.47. The third-order valence-electron chi connectivity index (χ3n) is 5.74. The highest BCUT2D eigenvalue weighted by Gasteiger charge is 2.28. The van der Waals surface area contributed by atoms with Crippen molar-refractivity contribution in [2.24, 2.45) is 5.92 Å². The molecule has 9 heteroatoms. The summed E-state index contributed by atoms with van der Waals surface area (Å²) >= 11 is 13.1. The van der Waals surface area contributed by atoms with Crippen molar-refractivity contribution < 1.29 is 23.4 Å². The van der Waals surface area contributed by atoms with Gasteiger partial charge in [-0.1, -0.05) is 29.8 Å². The molecule has 3 aromatic rings. The predicted molar refractivity (Wildman–Crippen MR) is 127 cm³/mol. The van der Waals surface area contributed by atoms with Crippen LogP contribution in [0.2, 0.25) is 10.0 Å². The van der Waals surface area contributed by atoms with Crippen LogP contribution in [-0.4, -0.2) is 44.4 Å². The predicted octanol–water partition coefficient (Wildman–Crippen LogP) is 5.07. The fourth-order valence-corrected chi connectivity index (χ4v) is 4.71. The number of benzene rings is 1. The minimum Gasteiger partial charge on any atom is -0.495 e. The summed E-state index contributed by atoms with van der Waals surface area (Å²) in [6.07, 6.45) is 4.35. The maximum absolute atomic E-state index is 11.8. The second-order valence-electron chi connectivity index (χ2n) is 7.76. The third kappa shape index (κ3) is 4.81. The molecule has 7 nitrogen and oxygen atoms in total. The zero-order valence-electron chi connectivity index (χ0n) is 18.3. The van der Waals surface area contributed by atoms with Crippen LogP contribution in [0, 0.1) is 5.92 Å². The number of aromatic nitrogens is 1. The molecule has 0 aliphatic carbocycles. The standard InChI is InChI=1S/C24H24Cl2N2O5/c1-4-21(29)28-16-5-6-32-12-14(16)8-15-7-13-9-17(33-20(13)11-27-15)22-23(25)18(30-2)10-19(31-3)24(22)26/h4,7,9-11,14,16H,1,5-6,8,12H2,2-3H3,(H,28,29)/t14-,16+/m1/s1. The van der Waals surface area contributed by atoms with Crippen molar-refractivity contribution in [3.8, 4) is 22.8 Å². The molecular weight excluding hydrogens is 467 g/mol. The number of carbonyl (C=O) groups excluding carboxylic acids is 1. The van der Waals surface area contributed by atoms with E-state index in [2.05, 4.69) is 16.9 Å². The second-order valence-corrected chi connectivity index (χ2v) is 8.51. The van der Waals surface area contributed by atoms with Crippen molar-refractivity contribution in [1.82, 2.24) is 10.3 Å². The Bertz CT molecular complexity index is 1170. The molecule has 2 atom stereocenters. The van der Waals surface area contributed by atoms with Gasteiger partial charge in [-0.05, 0) is 31.1 Å². The molecule has 33 heavy (non-hydrogen) atoms. The van der Waals surface area contributed by atoms with Gasteiger partial charge in [0.15, 0.2) is 5.58 Å². The number of ether oxygens (including phenoxy) is 3. The van der Waals surface area contributed by atoms with Gasteiger partial charge < -0.3 is 23.9 Å². The first-order chi connectivity index (χ1) is 15.9. The van der Waals surface area contributed by atoms with Crippen molar-refractivity contribution in [3.63, 3.8) is 0 Å². The van der Waals surface area contributed by atoms with Crippen molar-refractivity contribution in [1.29, 1.82) is 0 Å². The summed E-state index contributed by atoms with van der Waals surface area (Å²) in [6, 6.07) is 5.46. The van der Waals surface area contributed by atoms with E-state index in [0.29, 0.717) is 58.1 Å². The number of fused-ring (bicyclic) bond motifs is 1. The van der Waals surface area contributed by atoms with Crippen LogP contribution in [0.3, 0.4) is 0 Å². The van der Waals surface area contributed by atoms with Gasteiger partial charge in [-0.3, -0.25) is 9.78 Å². The second kappa shape index (κ2) is 10.0. The average molecular weight is 491 g/mol. The topological polar surface area (TPSA) is 82.8 Å². The molecule has 1 fully saturated rings. The van der Waals surface area contributed by atoms with Crippen molar-refractivity contribution in [3.05, 3.63) is 52.8 Å². The number of amides is 1. The number of furan rings is 1. The molecule has 1 aromatic carbocycles. The number of rotatable bonds is 7. The molecule has 1 amide bonds. The first kappa shape index (κ1) is 23.4. The van der Waals surface area contributed by atoms with Gasteiger partial charge >= 0.3 is 0 Å². The van der Waals surface area contributed by atoms with Gasteiger partial charge in [0.1, 0.15) is 17.3 Å². The SMILES string of the molecule is C=CC(=O)N[C@H]1CCOC[C@H]1Cc1cc2cc(-c3c(Cl)c(OC)cc(OC)c3Cl)oc2cn1. The first-order valence-electron chi connectivity index (χ1n) is 10.4. The zero-order valence-corrected chi connectivity index (χ0v) is 19.8. The van der Waals surface area contributed by atoms with Gasteiger partial charge in [-0.2, -0.15) is 0 Å². The number of pyridine rings is 1. The van der Waals surface area contributed by atoms with Gasteiger partial charge in [-0.25, -0.2) is 0 Å². The molecule has 1 saturated heterocycles. The summed E-state index contributed by atoms with van der Waals surface area (Å²) in [5.41, 5.74) is 1.95. The molecule has 0 radical (unpaired) electrons. The Morgan fingerprint density at radius 3 is 2.64 bits per heavy atom. The minimum absolute atomic E-state index is 0.00326. The maximum Gasteiger partial charge on any atom is 0.243 e. The Labute approximate surface area is 201 Å². The van der Waals surface area contributed by atoms with E-state index < -0.39 is 0 Å². The molecule has 1 N–H and O–H groups in total. The van der Waals surface area contributed by atoms with E-state index in [1.54, 1.807) is 12.3 Å². The monoisotopic (exact) mass is 490 g/mol. The fraction of sp³-hybridized carbons (Fsp3) is 0.333. The quantitative estimate of drug-likeness (QED) is 0.465. The Morgan fingerprint density at radius 2 is 1.97 bits per heavy atom. The smallest absolute Gasteiger partial charge is 0.243 e. The van der Waals surface area contributed by atoms with Gasteiger partial charge in [0, 0.05) is 35.7 Å². The largest absolute Gasteiger partial charge is 0.495 e. The van der Waals surface area contributed by atoms with Crippen LogP contribution >= 0.6 is 23.2 Å². The molecule has 0 unspecified atom stereocenters. The lowest BCUT2D eigenvalue weighted by atomic mass is 9.91. The van der Waals surface area contributed by atoms with Crippen LogP contribution in [0.4, 0.5) is 0 Å². The van der Waals surface area contributed by atoms with Gasteiger partial charge in [0.05, 0.1) is 42.6 Å². The zero-order chi connectivity index (χ0) is 23.5. The lowest BCUT2D eigenvalue weighted by Gasteiger charge is -2.31. The minimum atomic E-state index is -0.183. The lowest BCUT2D eigenvalue weighted by Crippen LogP contribution is -2.45. The summed E-state index contributed by atoms with van der Waals surface area (Å²) in [5.74, 6) is 1.25. The van der Waals surface area contributed by atoms with Crippen LogP contribution in [-0.2, 0) is 16.0 Å². The molecule has 174 valence electrons. The summed E-state index contributed by atoms with van der Waals surface area (Å²) in [4.78, 5) is 16.4. The van der Waals surface area contributed by atoms with Crippen molar-refractivity contribution in [2.75, 3.05) is 27.4 Å². The molecule has 0 bridgehead atoms. The Kier molecular flexibility index (Phi) is 7.12. The molecule has 3 heterocycles. The Morgan fingerprint density at radius 1 is 1.24 bits per heavy atom. The Hall–Kier alpha value is -2.74. The highest BCUT2D eigenvalue weighted by molar-refractivity contribution is 6.41. The van der Waals surface area contributed by atoms with E-state index in [1.807, 2.05) is 12.1 Å². The van der Waals surface area contributed by atoms with Gasteiger partial charge in [0.2, 0.25) is 5.91 Å². The summed E-state index contributed by atoms with van der Waals surface area (Å²) in [5, 5.41) is 4.51. The molecule has 1 aliphatic heterocycles. The fourth-order valence-electron chi connectivity index (χ4n) is 4.03. The van der Waals surface area contributed by atoms with Crippen molar-refractivity contribution in [2.45, 2.75) is 18.9 Å². The number of methoxy groups -OCH3 is 2. The lowest BCUT2D eigenvalue weighted by molar-refractivity contribution is -0.118. The van der Waals surface area contributed by atoms with E-state index in [4.69, 9.17) is 41.8 Å². The number of hydrogen-bond acceptors (Lipinski definition) is 6. The van der Waals surface area contributed by atoms with Crippen molar-refractivity contribution >= 4 is 40.1 Å². The maximum atomic E-state index is 11.8. The van der Waals surface area contributed by atoms with Crippen LogP contribution in [0.25, 0.3) is 22.3 Å². The number of hydrogen-bond donors (Lipinski definition) is 1. The molecule has 4 rings (SSSR count). The van der Waals surface area contributed by atoms with E-state index in [1.165, 1.54) is 20.3 Å². The Balaban J connectivity index is 1.65. The van der Waals surface area contributed by atoms with E-state index in [-0.39, 0.29) is 17.9 Å². The van der Waals surface area contributed by atoms with E-state index in [9.17, 15) is 4.79 Å². The van der Waals surface area contributed by atoms with Gasteiger partial charge in [0.25, 0.3) is 0 Å². The molecule has 0 spiro atoms. The highest BCUT2D eigenvalue weighted by atomic mass is 35.5. The summed E-state index contributed by atoms with van der Waals surface area (Å²) < 4.78 is 22.4.